The van der Waals surface area contributed by atoms with Crippen molar-refractivity contribution in [2.45, 2.75) is 26.4 Å². The second kappa shape index (κ2) is 4.49. The maximum Gasteiger partial charge on any atom is 0.164 e. The van der Waals surface area contributed by atoms with Crippen LogP contribution >= 0.6 is 0 Å². The Morgan fingerprint density at radius 1 is 1.56 bits per heavy atom. The molecule has 2 rings (SSSR count). The molecule has 0 spiro atoms. The second-order valence-corrected chi connectivity index (χ2v) is 3.90. The molecule has 86 valence electrons. The van der Waals surface area contributed by atoms with Crippen LogP contribution in [0.25, 0.3) is 0 Å². The van der Waals surface area contributed by atoms with E-state index in [0.717, 1.165) is 17.1 Å². The number of nitrogens with one attached hydrogen (secondary N) is 1. The predicted octanol–water partition coefficient (Wildman–Crippen LogP) is 1.57. The van der Waals surface area contributed by atoms with Gasteiger partial charge in [-0.1, -0.05) is 0 Å². The fraction of sp³-hybridized carbons (Fsp3) is 0.455. The zero-order valence-electron chi connectivity index (χ0n) is 9.77. The van der Waals surface area contributed by atoms with Crippen LogP contribution in [0.1, 0.15) is 30.1 Å². The fourth-order valence-electron chi connectivity index (χ4n) is 1.63. The first kappa shape index (κ1) is 10.9. The molecule has 16 heavy (non-hydrogen) atoms. The fourth-order valence-corrected chi connectivity index (χ4v) is 1.63. The van der Waals surface area contributed by atoms with Gasteiger partial charge in [0, 0.05) is 7.05 Å². The summed E-state index contributed by atoms with van der Waals surface area (Å²) in [5.74, 6) is 1.76. The lowest BCUT2D eigenvalue weighted by atomic mass is 10.2. The van der Waals surface area contributed by atoms with Gasteiger partial charge >= 0.3 is 0 Å². The Balaban J connectivity index is 1.93. The minimum atomic E-state index is 0.166. The number of aryl methyl sites for hydroxylation is 2. The Bertz CT molecular complexity index is 460. The van der Waals surface area contributed by atoms with Crippen molar-refractivity contribution >= 4 is 0 Å². The van der Waals surface area contributed by atoms with Crippen molar-refractivity contribution in [3.63, 3.8) is 0 Å². The first-order chi connectivity index (χ1) is 7.66. The zero-order valence-corrected chi connectivity index (χ0v) is 9.77. The van der Waals surface area contributed by atoms with Crippen molar-refractivity contribution < 1.29 is 4.42 Å². The van der Waals surface area contributed by atoms with E-state index in [1.54, 1.807) is 17.3 Å². The molecule has 1 N–H and O–H groups in total. The molecular weight excluding hydrogens is 204 g/mol. The molecule has 0 aromatic carbocycles. The largest absolute Gasteiger partial charge is 0.467 e. The van der Waals surface area contributed by atoms with Gasteiger partial charge in [-0.3, -0.25) is 4.68 Å². The smallest absolute Gasteiger partial charge is 0.164 e. The highest BCUT2D eigenvalue weighted by Gasteiger charge is 2.11. The highest BCUT2D eigenvalue weighted by atomic mass is 16.3. The van der Waals surface area contributed by atoms with E-state index in [9.17, 15) is 0 Å². The summed E-state index contributed by atoms with van der Waals surface area (Å²) in [5.41, 5.74) is 1.16. The van der Waals surface area contributed by atoms with Gasteiger partial charge in [0.25, 0.3) is 0 Å². The number of furan rings is 1. The van der Waals surface area contributed by atoms with Gasteiger partial charge < -0.3 is 9.73 Å². The van der Waals surface area contributed by atoms with Crippen LogP contribution in [0, 0.1) is 6.92 Å². The third kappa shape index (κ3) is 2.30. The summed E-state index contributed by atoms with van der Waals surface area (Å²) in [4.78, 5) is 4.15. The molecule has 0 amide bonds. The highest BCUT2D eigenvalue weighted by molar-refractivity contribution is 5.17. The van der Waals surface area contributed by atoms with E-state index >= 15 is 0 Å². The molecular formula is C11H16N4O. The summed E-state index contributed by atoms with van der Waals surface area (Å²) in [6.45, 7) is 4.74. The lowest BCUT2D eigenvalue weighted by molar-refractivity contribution is 0.424. The Labute approximate surface area is 94.5 Å². The molecule has 1 atom stereocenters. The van der Waals surface area contributed by atoms with E-state index in [1.165, 1.54) is 0 Å². The van der Waals surface area contributed by atoms with Crippen LogP contribution in [-0.2, 0) is 13.6 Å². The molecule has 0 aliphatic rings. The molecule has 0 aliphatic heterocycles. The van der Waals surface area contributed by atoms with Gasteiger partial charge in [0.2, 0.25) is 0 Å². The van der Waals surface area contributed by atoms with Crippen LogP contribution in [0.5, 0.6) is 0 Å². The minimum Gasteiger partial charge on any atom is -0.467 e. The number of hydrogen-bond acceptors (Lipinski definition) is 4. The minimum absolute atomic E-state index is 0.166. The van der Waals surface area contributed by atoms with E-state index < -0.39 is 0 Å². The average Bonchev–Trinajstić information content (AvgIpc) is 2.84. The molecule has 0 fully saturated rings. The molecule has 2 heterocycles. The van der Waals surface area contributed by atoms with E-state index in [-0.39, 0.29) is 6.04 Å². The summed E-state index contributed by atoms with van der Waals surface area (Å²) < 4.78 is 7.11. The third-order valence-corrected chi connectivity index (χ3v) is 2.51. The second-order valence-electron chi connectivity index (χ2n) is 3.90. The lowest BCUT2D eigenvalue weighted by Crippen LogP contribution is -2.19. The Morgan fingerprint density at radius 3 is 2.94 bits per heavy atom. The highest BCUT2D eigenvalue weighted by Crippen LogP contribution is 2.17. The number of rotatable bonds is 4. The number of hydrogen-bond donors (Lipinski definition) is 1. The van der Waals surface area contributed by atoms with Gasteiger partial charge in [-0.15, -0.1) is 0 Å². The topological polar surface area (TPSA) is 55.9 Å². The first-order valence-electron chi connectivity index (χ1n) is 5.28. The van der Waals surface area contributed by atoms with Gasteiger partial charge in [0.05, 0.1) is 18.8 Å². The quantitative estimate of drug-likeness (QED) is 0.849. The van der Waals surface area contributed by atoms with Gasteiger partial charge in [0.1, 0.15) is 12.1 Å². The Kier molecular flexibility index (Phi) is 3.05. The lowest BCUT2D eigenvalue weighted by Gasteiger charge is -2.10. The first-order valence-corrected chi connectivity index (χ1v) is 5.28. The summed E-state index contributed by atoms with van der Waals surface area (Å²) >= 11 is 0. The zero-order chi connectivity index (χ0) is 11.5. The third-order valence-electron chi connectivity index (χ3n) is 2.51. The molecule has 1 unspecified atom stereocenters. The maximum atomic E-state index is 5.41. The molecule has 2 aromatic heterocycles. The molecule has 0 radical (unpaired) electrons. The molecule has 0 saturated carbocycles. The summed E-state index contributed by atoms with van der Waals surface area (Å²) in [6, 6.07) is 2.13. The molecule has 0 aliphatic carbocycles. The predicted molar refractivity (Wildman–Crippen MR) is 59.7 cm³/mol. The van der Waals surface area contributed by atoms with Crippen LogP contribution in [0.4, 0.5) is 0 Å². The van der Waals surface area contributed by atoms with Crippen molar-refractivity contribution in [1.82, 2.24) is 20.1 Å². The van der Waals surface area contributed by atoms with E-state index in [1.807, 2.05) is 20.0 Å². The van der Waals surface area contributed by atoms with E-state index in [0.29, 0.717) is 6.54 Å². The Hall–Kier alpha value is -1.62. The Morgan fingerprint density at radius 2 is 2.38 bits per heavy atom. The van der Waals surface area contributed by atoms with Crippen molar-refractivity contribution in [1.29, 1.82) is 0 Å². The standard InChI is InChI=1S/C11H16N4O/c1-8-4-5-16-11(8)9(2)12-6-10-13-7-15(3)14-10/h4-5,7,9,12H,6H2,1-3H3. The van der Waals surface area contributed by atoms with E-state index in [4.69, 9.17) is 4.42 Å². The molecule has 5 nitrogen and oxygen atoms in total. The van der Waals surface area contributed by atoms with Gasteiger partial charge in [-0.2, -0.15) is 5.10 Å². The van der Waals surface area contributed by atoms with E-state index in [2.05, 4.69) is 22.3 Å². The summed E-state index contributed by atoms with van der Waals surface area (Å²) in [5, 5.41) is 7.52. The van der Waals surface area contributed by atoms with Gasteiger partial charge in [0.15, 0.2) is 5.82 Å². The van der Waals surface area contributed by atoms with Crippen LogP contribution in [0.15, 0.2) is 23.1 Å². The summed E-state index contributed by atoms with van der Waals surface area (Å²) in [7, 11) is 1.86. The molecule has 2 aromatic rings. The van der Waals surface area contributed by atoms with Crippen molar-refractivity contribution in [2.75, 3.05) is 0 Å². The van der Waals surface area contributed by atoms with Gasteiger partial charge in [-0.25, -0.2) is 4.98 Å². The summed E-state index contributed by atoms with van der Waals surface area (Å²) in [6.07, 6.45) is 3.40. The normalized spacial score (nSPS) is 12.9. The van der Waals surface area contributed by atoms with Crippen molar-refractivity contribution in [3.8, 4) is 0 Å². The molecule has 5 heteroatoms. The SMILES string of the molecule is Cc1ccoc1C(C)NCc1ncn(C)n1. The molecule has 0 bridgehead atoms. The average molecular weight is 220 g/mol. The van der Waals surface area contributed by atoms with Crippen molar-refractivity contribution in [2.24, 2.45) is 7.05 Å². The monoisotopic (exact) mass is 220 g/mol. The molecule has 0 saturated heterocycles. The maximum absolute atomic E-state index is 5.41. The van der Waals surface area contributed by atoms with Gasteiger partial charge in [-0.05, 0) is 25.5 Å². The van der Waals surface area contributed by atoms with Crippen LogP contribution in [0.3, 0.4) is 0 Å². The van der Waals surface area contributed by atoms with Crippen LogP contribution in [-0.4, -0.2) is 14.8 Å². The van der Waals surface area contributed by atoms with Crippen LogP contribution < -0.4 is 5.32 Å². The number of aromatic nitrogens is 3. The number of nitrogens with zero attached hydrogens (tertiary/aromatic N) is 3. The van der Waals surface area contributed by atoms with Crippen LogP contribution in [0.2, 0.25) is 0 Å². The van der Waals surface area contributed by atoms with Crippen molar-refractivity contribution in [3.05, 3.63) is 35.8 Å².